The van der Waals surface area contributed by atoms with Gasteiger partial charge in [0.25, 0.3) is 0 Å². The molecule has 1 N–H and O–H groups in total. The van der Waals surface area contributed by atoms with E-state index in [4.69, 9.17) is 0 Å². The molecule has 0 amide bonds. The lowest BCUT2D eigenvalue weighted by Crippen LogP contribution is -2.08. The highest BCUT2D eigenvalue weighted by molar-refractivity contribution is 14.1. The zero-order chi connectivity index (χ0) is 14.0. The quantitative estimate of drug-likeness (QED) is 0.624. The third-order valence-corrected chi connectivity index (χ3v) is 4.25. The Morgan fingerprint density at radius 1 is 1.16 bits per heavy atom. The molecule has 0 aliphatic carbocycles. The van der Waals surface area contributed by atoms with Gasteiger partial charge in [-0.05, 0) is 81.3 Å². The van der Waals surface area contributed by atoms with Crippen molar-refractivity contribution in [1.82, 2.24) is 0 Å². The molecule has 2 aromatic carbocycles. The van der Waals surface area contributed by atoms with Crippen LogP contribution >= 0.6 is 38.5 Å². The molecule has 0 fully saturated rings. The summed E-state index contributed by atoms with van der Waals surface area (Å²) >= 11 is 5.25. The van der Waals surface area contributed by atoms with Gasteiger partial charge in [0.2, 0.25) is 0 Å². The van der Waals surface area contributed by atoms with E-state index in [1.807, 2.05) is 6.92 Å². The molecule has 0 spiro atoms. The van der Waals surface area contributed by atoms with Crippen LogP contribution in [0, 0.1) is 15.2 Å². The highest BCUT2D eigenvalue weighted by Gasteiger charge is 2.10. The fraction of sp³-hybridized carbons (Fsp3) is 0.143. The van der Waals surface area contributed by atoms with Crippen LogP contribution in [-0.4, -0.2) is 0 Å². The zero-order valence-corrected chi connectivity index (χ0v) is 13.8. The van der Waals surface area contributed by atoms with Crippen molar-refractivity contribution in [1.29, 1.82) is 0 Å². The van der Waals surface area contributed by atoms with Gasteiger partial charge < -0.3 is 5.32 Å². The Bertz CT molecular complexity index is 604. The van der Waals surface area contributed by atoms with Crippen LogP contribution in [-0.2, 0) is 0 Å². The van der Waals surface area contributed by atoms with Crippen molar-refractivity contribution < 1.29 is 8.78 Å². The Balaban J connectivity index is 2.20. The first kappa shape index (κ1) is 14.7. The molecule has 19 heavy (non-hydrogen) atoms. The summed E-state index contributed by atoms with van der Waals surface area (Å²) in [5.74, 6) is -0.542. The largest absolute Gasteiger partial charge is 0.378 e. The first-order valence-corrected chi connectivity index (χ1v) is 7.51. The lowest BCUT2D eigenvalue weighted by molar-refractivity contribution is 0.619. The summed E-state index contributed by atoms with van der Waals surface area (Å²) < 4.78 is 27.5. The molecule has 0 aliphatic heterocycles. The molecule has 1 nitrogen and oxygen atoms in total. The van der Waals surface area contributed by atoms with E-state index in [0.717, 1.165) is 14.8 Å². The minimum Gasteiger partial charge on any atom is -0.378 e. The van der Waals surface area contributed by atoms with E-state index >= 15 is 0 Å². The minimum atomic E-state index is -0.285. The Hall–Kier alpha value is -0.690. The molecule has 0 bridgehead atoms. The van der Waals surface area contributed by atoms with Crippen molar-refractivity contribution in [2.45, 2.75) is 13.0 Å². The summed E-state index contributed by atoms with van der Waals surface area (Å²) in [5.41, 5.74) is 1.81. The van der Waals surface area contributed by atoms with Gasteiger partial charge in [-0.25, -0.2) is 8.78 Å². The fourth-order valence-electron chi connectivity index (χ4n) is 1.70. The van der Waals surface area contributed by atoms with E-state index in [1.54, 1.807) is 18.2 Å². The highest BCUT2D eigenvalue weighted by Crippen LogP contribution is 2.26. The number of benzene rings is 2. The van der Waals surface area contributed by atoms with E-state index in [2.05, 4.69) is 43.8 Å². The Kier molecular flexibility index (Phi) is 4.78. The van der Waals surface area contributed by atoms with Gasteiger partial charge in [-0.15, -0.1) is 0 Å². The van der Waals surface area contributed by atoms with E-state index in [0.29, 0.717) is 4.47 Å². The molecule has 0 aliphatic rings. The van der Waals surface area contributed by atoms with Gasteiger partial charge in [-0.2, -0.15) is 0 Å². The van der Waals surface area contributed by atoms with Crippen molar-refractivity contribution in [2.24, 2.45) is 0 Å². The van der Waals surface area contributed by atoms with Crippen molar-refractivity contribution in [3.8, 4) is 0 Å². The number of rotatable bonds is 3. The summed E-state index contributed by atoms with van der Waals surface area (Å²) in [4.78, 5) is 0. The topological polar surface area (TPSA) is 12.0 Å². The van der Waals surface area contributed by atoms with Crippen LogP contribution in [0.2, 0.25) is 0 Å². The summed E-state index contributed by atoms with van der Waals surface area (Å²) in [6.07, 6.45) is 0. The van der Waals surface area contributed by atoms with Gasteiger partial charge in [0.1, 0.15) is 11.6 Å². The maximum atomic E-state index is 13.2. The zero-order valence-electron chi connectivity index (χ0n) is 10.1. The van der Waals surface area contributed by atoms with Crippen LogP contribution in [0.1, 0.15) is 18.5 Å². The Morgan fingerprint density at radius 3 is 2.53 bits per heavy atom. The lowest BCUT2D eigenvalue weighted by Gasteiger charge is -2.17. The van der Waals surface area contributed by atoms with E-state index < -0.39 is 0 Å². The molecule has 100 valence electrons. The van der Waals surface area contributed by atoms with Gasteiger partial charge in [0.05, 0.1) is 4.47 Å². The molecular weight excluding hydrogens is 427 g/mol. The highest BCUT2D eigenvalue weighted by atomic mass is 127. The van der Waals surface area contributed by atoms with E-state index in [-0.39, 0.29) is 17.7 Å². The summed E-state index contributed by atoms with van der Waals surface area (Å²) in [7, 11) is 0. The average molecular weight is 438 g/mol. The normalized spacial score (nSPS) is 12.3. The molecule has 0 heterocycles. The summed E-state index contributed by atoms with van der Waals surface area (Å²) in [6, 6.07) is 9.47. The maximum Gasteiger partial charge on any atom is 0.137 e. The lowest BCUT2D eigenvalue weighted by atomic mass is 10.1. The predicted molar refractivity (Wildman–Crippen MR) is 85.3 cm³/mol. The summed E-state index contributed by atoms with van der Waals surface area (Å²) in [5, 5.41) is 3.28. The smallest absolute Gasteiger partial charge is 0.137 e. The van der Waals surface area contributed by atoms with Crippen molar-refractivity contribution in [3.05, 3.63) is 61.6 Å². The molecule has 0 saturated heterocycles. The van der Waals surface area contributed by atoms with Crippen LogP contribution in [0.3, 0.4) is 0 Å². The molecule has 0 aromatic heterocycles. The van der Waals surface area contributed by atoms with Gasteiger partial charge in [0, 0.05) is 15.3 Å². The van der Waals surface area contributed by atoms with Crippen LogP contribution < -0.4 is 5.32 Å². The van der Waals surface area contributed by atoms with Gasteiger partial charge in [-0.1, -0.05) is 6.07 Å². The Morgan fingerprint density at radius 2 is 1.89 bits per heavy atom. The van der Waals surface area contributed by atoms with Crippen LogP contribution in [0.4, 0.5) is 14.5 Å². The second-order valence-electron chi connectivity index (χ2n) is 4.16. The van der Waals surface area contributed by atoms with Gasteiger partial charge >= 0.3 is 0 Å². The van der Waals surface area contributed by atoms with Gasteiger partial charge in [-0.3, -0.25) is 0 Å². The van der Waals surface area contributed by atoms with Crippen molar-refractivity contribution >= 4 is 44.2 Å². The van der Waals surface area contributed by atoms with E-state index in [9.17, 15) is 8.78 Å². The number of hydrogen-bond acceptors (Lipinski definition) is 1. The molecule has 5 heteroatoms. The molecule has 1 unspecified atom stereocenters. The number of halogens is 4. The standard InChI is InChI=1S/C14H11BrF2IN/c1-8(9-2-4-12(17)11(15)6-9)19-14-5-3-10(16)7-13(14)18/h2-8,19H,1H3. The number of anilines is 1. The van der Waals surface area contributed by atoms with Crippen LogP contribution in [0.5, 0.6) is 0 Å². The second kappa shape index (κ2) is 6.17. The van der Waals surface area contributed by atoms with Crippen molar-refractivity contribution in [2.75, 3.05) is 5.32 Å². The SMILES string of the molecule is CC(Nc1ccc(F)cc1I)c1ccc(F)c(Br)c1. The first-order chi connectivity index (χ1) is 8.97. The fourth-order valence-corrected chi connectivity index (χ4v) is 2.73. The number of hydrogen-bond donors (Lipinski definition) is 1. The molecule has 0 saturated carbocycles. The molecule has 0 radical (unpaired) electrons. The first-order valence-electron chi connectivity index (χ1n) is 5.64. The van der Waals surface area contributed by atoms with Gasteiger partial charge in [0.15, 0.2) is 0 Å². The Labute approximate surface area is 132 Å². The second-order valence-corrected chi connectivity index (χ2v) is 6.18. The molecule has 2 aromatic rings. The predicted octanol–water partition coefficient (Wildman–Crippen LogP) is 5.51. The van der Waals surface area contributed by atoms with Crippen LogP contribution in [0.15, 0.2) is 40.9 Å². The minimum absolute atomic E-state index is 0.00382. The van der Waals surface area contributed by atoms with Crippen LogP contribution in [0.25, 0.3) is 0 Å². The number of nitrogens with one attached hydrogen (secondary N) is 1. The summed E-state index contributed by atoms with van der Waals surface area (Å²) in [6.45, 7) is 1.97. The molecule has 1 atom stereocenters. The third kappa shape index (κ3) is 3.66. The maximum absolute atomic E-state index is 13.2. The van der Waals surface area contributed by atoms with Crippen molar-refractivity contribution in [3.63, 3.8) is 0 Å². The molecule has 2 rings (SSSR count). The third-order valence-electron chi connectivity index (χ3n) is 2.75. The molecular formula is C14H11BrF2IN. The monoisotopic (exact) mass is 437 g/mol. The average Bonchev–Trinajstić information content (AvgIpc) is 2.36. The van der Waals surface area contributed by atoms with E-state index in [1.165, 1.54) is 18.2 Å².